The monoisotopic (exact) mass is 387 g/mol. The molecular formula is C14H14INO4. The first kappa shape index (κ1) is 13.7. The van der Waals surface area contributed by atoms with Crippen molar-refractivity contribution in [2.24, 2.45) is 0 Å². The second-order valence-electron chi connectivity index (χ2n) is 5.45. The number of rotatable bonds is 3. The zero-order valence-corrected chi connectivity index (χ0v) is 12.9. The van der Waals surface area contributed by atoms with Crippen LogP contribution in [-0.4, -0.2) is 44.2 Å². The van der Waals surface area contributed by atoms with E-state index in [-0.39, 0.29) is 6.54 Å². The lowest BCUT2D eigenvalue weighted by Crippen LogP contribution is -2.57. The third-order valence-electron chi connectivity index (χ3n) is 4.08. The summed E-state index contributed by atoms with van der Waals surface area (Å²) in [6, 6.07) is 9.48. The van der Waals surface area contributed by atoms with Gasteiger partial charge in [0.1, 0.15) is 5.60 Å². The van der Waals surface area contributed by atoms with Gasteiger partial charge in [0, 0.05) is 17.3 Å². The molecule has 2 atom stereocenters. The van der Waals surface area contributed by atoms with Gasteiger partial charge in [-0.3, -0.25) is 4.90 Å². The maximum absolute atomic E-state index is 12.3. The van der Waals surface area contributed by atoms with Gasteiger partial charge in [-0.25, -0.2) is 9.59 Å². The lowest BCUT2D eigenvalue weighted by Gasteiger charge is -2.36. The van der Waals surface area contributed by atoms with E-state index in [4.69, 9.17) is 4.74 Å². The standard InChI is InChI=1S/C14H14INO4/c15-8-13-7-14(11(17)20-13,16(9-13)12(18)19)6-10-4-2-1-3-5-10/h1-5H,6-9H2,(H,18,19)/t13-,14+/m1/s1. The Morgan fingerprint density at radius 2 is 2.10 bits per heavy atom. The molecule has 20 heavy (non-hydrogen) atoms. The number of amides is 1. The van der Waals surface area contributed by atoms with E-state index in [1.165, 1.54) is 4.90 Å². The highest BCUT2D eigenvalue weighted by molar-refractivity contribution is 14.1. The number of hydrogen-bond acceptors (Lipinski definition) is 3. The molecule has 0 spiro atoms. The van der Waals surface area contributed by atoms with E-state index in [1.54, 1.807) is 0 Å². The third-order valence-corrected chi connectivity index (χ3v) is 5.47. The molecule has 1 aromatic carbocycles. The van der Waals surface area contributed by atoms with Crippen LogP contribution in [0.2, 0.25) is 0 Å². The summed E-state index contributed by atoms with van der Waals surface area (Å²) in [5.74, 6) is -0.410. The number of halogens is 1. The van der Waals surface area contributed by atoms with Gasteiger partial charge < -0.3 is 9.84 Å². The Bertz CT molecular complexity index is 564. The third kappa shape index (κ3) is 1.88. The van der Waals surface area contributed by atoms with Crippen molar-refractivity contribution in [2.75, 3.05) is 11.0 Å². The van der Waals surface area contributed by atoms with Gasteiger partial charge in [-0.1, -0.05) is 52.9 Å². The van der Waals surface area contributed by atoms with Gasteiger partial charge in [-0.2, -0.15) is 0 Å². The van der Waals surface area contributed by atoms with E-state index in [1.807, 2.05) is 30.3 Å². The van der Waals surface area contributed by atoms with Crippen LogP contribution in [0.15, 0.2) is 30.3 Å². The second-order valence-corrected chi connectivity index (χ2v) is 6.21. The molecule has 2 heterocycles. The van der Waals surface area contributed by atoms with Gasteiger partial charge in [0.25, 0.3) is 0 Å². The highest BCUT2D eigenvalue weighted by Gasteiger charge is 2.67. The number of likely N-dealkylation sites (tertiary alicyclic amines) is 1. The molecule has 0 unspecified atom stereocenters. The van der Waals surface area contributed by atoms with Crippen LogP contribution in [0.1, 0.15) is 12.0 Å². The van der Waals surface area contributed by atoms with Crippen LogP contribution in [-0.2, 0) is 16.0 Å². The Hall–Kier alpha value is -1.31. The normalized spacial score (nSPS) is 31.4. The zero-order chi connectivity index (χ0) is 14.4. The van der Waals surface area contributed by atoms with Crippen LogP contribution in [0.25, 0.3) is 0 Å². The van der Waals surface area contributed by atoms with Gasteiger partial charge in [0.2, 0.25) is 0 Å². The summed E-state index contributed by atoms with van der Waals surface area (Å²) in [4.78, 5) is 25.1. The van der Waals surface area contributed by atoms with Crippen molar-refractivity contribution in [3.05, 3.63) is 35.9 Å². The summed E-state index contributed by atoms with van der Waals surface area (Å²) in [7, 11) is 0. The van der Waals surface area contributed by atoms with Gasteiger partial charge in [-0.05, 0) is 5.56 Å². The number of fused-ring (bicyclic) bond motifs is 2. The fourth-order valence-corrected chi connectivity index (χ4v) is 3.86. The van der Waals surface area contributed by atoms with Crippen molar-refractivity contribution < 1.29 is 19.4 Å². The molecule has 0 aliphatic carbocycles. The lowest BCUT2D eigenvalue weighted by molar-refractivity contribution is -0.162. The van der Waals surface area contributed by atoms with Crippen molar-refractivity contribution in [3.63, 3.8) is 0 Å². The second kappa shape index (κ2) is 4.61. The lowest BCUT2D eigenvalue weighted by atomic mass is 9.87. The largest absolute Gasteiger partial charge is 0.465 e. The first-order chi connectivity index (χ1) is 9.51. The summed E-state index contributed by atoms with van der Waals surface area (Å²) in [6.45, 7) is 0.268. The number of hydrogen-bond donors (Lipinski definition) is 1. The molecule has 3 rings (SSSR count). The molecule has 2 aliphatic rings. The van der Waals surface area contributed by atoms with Gasteiger partial charge in [0.05, 0.1) is 6.54 Å². The quantitative estimate of drug-likeness (QED) is 0.490. The number of alkyl halides is 1. The molecule has 0 radical (unpaired) electrons. The van der Waals surface area contributed by atoms with Crippen molar-refractivity contribution in [3.8, 4) is 0 Å². The van der Waals surface area contributed by atoms with E-state index in [2.05, 4.69) is 22.6 Å². The molecule has 0 saturated carbocycles. The summed E-state index contributed by atoms with van der Waals surface area (Å²) in [5, 5.41) is 9.42. The predicted octanol–water partition coefficient (Wildman–Crippen LogP) is 2.08. The average Bonchev–Trinajstić information content (AvgIpc) is 2.90. The summed E-state index contributed by atoms with van der Waals surface area (Å²) in [5.41, 5.74) is -0.759. The average molecular weight is 387 g/mol. The predicted molar refractivity (Wildman–Crippen MR) is 79.9 cm³/mol. The fraction of sp³-hybridized carbons (Fsp3) is 0.429. The van der Waals surface area contributed by atoms with Crippen LogP contribution in [0.4, 0.5) is 4.79 Å². The minimum Gasteiger partial charge on any atom is -0.465 e. The Kier molecular flexibility index (Phi) is 3.15. The van der Waals surface area contributed by atoms with E-state index in [0.717, 1.165) is 5.56 Å². The molecule has 5 nitrogen and oxygen atoms in total. The summed E-state index contributed by atoms with van der Waals surface area (Å²) in [6.07, 6.45) is -0.232. The molecule has 2 aliphatic heterocycles. The van der Waals surface area contributed by atoms with Crippen molar-refractivity contribution >= 4 is 34.7 Å². The number of morpholine rings is 1. The number of carbonyl (C=O) groups is 2. The van der Waals surface area contributed by atoms with E-state index in [9.17, 15) is 14.7 Å². The van der Waals surface area contributed by atoms with Crippen molar-refractivity contribution in [1.82, 2.24) is 4.90 Å². The molecule has 1 amide bonds. The first-order valence-electron chi connectivity index (χ1n) is 6.35. The van der Waals surface area contributed by atoms with E-state index in [0.29, 0.717) is 17.3 Å². The van der Waals surface area contributed by atoms with Crippen LogP contribution < -0.4 is 0 Å². The molecule has 1 N–H and O–H groups in total. The number of nitrogens with zero attached hydrogens (tertiary/aromatic N) is 1. The Morgan fingerprint density at radius 1 is 1.40 bits per heavy atom. The molecule has 2 bridgehead atoms. The molecule has 2 fully saturated rings. The minimum atomic E-state index is -1.06. The first-order valence-corrected chi connectivity index (χ1v) is 7.88. The number of benzene rings is 1. The SMILES string of the molecule is O=C(O)N1C[C@]2(CI)C[C@@]1(Cc1ccccc1)C(=O)O2. The van der Waals surface area contributed by atoms with Gasteiger partial charge in [-0.15, -0.1) is 0 Å². The zero-order valence-electron chi connectivity index (χ0n) is 10.7. The maximum Gasteiger partial charge on any atom is 0.408 e. The number of carboxylic acid groups (broad SMARTS) is 1. The van der Waals surface area contributed by atoms with Crippen molar-refractivity contribution in [2.45, 2.75) is 24.0 Å². The molecular weight excluding hydrogens is 373 g/mol. The molecule has 0 aromatic heterocycles. The Labute approximate surface area is 130 Å². The van der Waals surface area contributed by atoms with Crippen molar-refractivity contribution in [1.29, 1.82) is 0 Å². The van der Waals surface area contributed by atoms with Gasteiger partial charge >= 0.3 is 12.1 Å². The smallest absolute Gasteiger partial charge is 0.408 e. The van der Waals surface area contributed by atoms with Crippen LogP contribution in [0.5, 0.6) is 0 Å². The number of carbonyl (C=O) groups excluding carboxylic acids is 1. The van der Waals surface area contributed by atoms with Crippen LogP contribution >= 0.6 is 22.6 Å². The Morgan fingerprint density at radius 3 is 2.70 bits per heavy atom. The minimum absolute atomic E-state index is 0.268. The number of esters is 1. The van der Waals surface area contributed by atoms with E-state index >= 15 is 0 Å². The fourth-order valence-electron chi connectivity index (χ4n) is 3.20. The molecule has 2 saturated heterocycles. The van der Waals surface area contributed by atoms with Gasteiger partial charge in [0.15, 0.2) is 5.54 Å². The molecule has 1 aromatic rings. The summed E-state index contributed by atoms with van der Waals surface area (Å²) < 4.78 is 6.11. The summed E-state index contributed by atoms with van der Waals surface area (Å²) >= 11 is 2.15. The highest BCUT2D eigenvalue weighted by Crippen LogP contribution is 2.48. The van der Waals surface area contributed by atoms with Crippen LogP contribution in [0.3, 0.4) is 0 Å². The van der Waals surface area contributed by atoms with E-state index < -0.39 is 23.2 Å². The molecule has 106 valence electrons. The molecule has 6 heteroatoms. The highest BCUT2D eigenvalue weighted by atomic mass is 127. The topological polar surface area (TPSA) is 66.8 Å². The number of ether oxygens (including phenoxy) is 1. The Balaban J connectivity index is 1.99. The van der Waals surface area contributed by atoms with Crippen LogP contribution in [0, 0.1) is 0 Å². The maximum atomic E-state index is 12.3.